The van der Waals surface area contributed by atoms with Crippen molar-refractivity contribution < 1.29 is 9.53 Å². The number of carbonyl (C=O) groups excluding carboxylic acids is 1. The van der Waals surface area contributed by atoms with Crippen molar-refractivity contribution in [3.63, 3.8) is 0 Å². The second kappa shape index (κ2) is 4.89. The number of piperidine rings is 1. The summed E-state index contributed by atoms with van der Waals surface area (Å²) in [5, 5.41) is 2.87. The highest BCUT2D eigenvalue weighted by atomic mass is 32.2. The molecule has 19 heavy (non-hydrogen) atoms. The third kappa shape index (κ3) is 2.23. The van der Waals surface area contributed by atoms with E-state index in [0.29, 0.717) is 0 Å². The van der Waals surface area contributed by atoms with Gasteiger partial charge in [-0.3, -0.25) is 9.79 Å². The lowest BCUT2D eigenvalue weighted by atomic mass is 9.99. The molecule has 4 nitrogen and oxygen atoms in total. The van der Waals surface area contributed by atoms with Crippen LogP contribution >= 0.6 is 11.8 Å². The molecule has 1 aromatic rings. The van der Waals surface area contributed by atoms with Crippen molar-refractivity contribution in [2.24, 2.45) is 4.99 Å². The number of methoxy groups -OCH3 is 1. The van der Waals surface area contributed by atoms with Gasteiger partial charge in [0.25, 0.3) is 0 Å². The van der Waals surface area contributed by atoms with Gasteiger partial charge in [0.05, 0.1) is 12.8 Å². The molecule has 2 aliphatic rings. The maximum absolute atomic E-state index is 12.1. The summed E-state index contributed by atoms with van der Waals surface area (Å²) in [5.41, 5.74) is 1.94. The van der Waals surface area contributed by atoms with Crippen molar-refractivity contribution in [3.05, 3.63) is 18.2 Å². The largest absolute Gasteiger partial charge is 0.497 e. The van der Waals surface area contributed by atoms with Gasteiger partial charge in [-0.1, -0.05) is 6.92 Å². The first-order valence-electron chi connectivity index (χ1n) is 6.43. The zero-order valence-corrected chi connectivity index (χ0v) is 11.8. The van der Waals surface area contributed by atoms with Crippen molar-refractivity contribution in [3.8, 4) is 5.75 Å². The number of amides is 1. The quantitative estimate of drug-likeness (QED) is 0.903. The fourth-order valence-corrected chi connectivity index (χ4v) is 3.53. The van der Waals surface area contributed by atoms with Crippen LogP contribution in [0.3, 0.4) is 0 Å². The van der Waals surface area contributed by atoms with E-state index in [2.05, 4.69) is 17.2 Å². The van der Waals surface area contributed by atoms with Gasteiger partial charge in [-0.15, -0.1) is 11.8 Å². The molecular weight excluding hydrogens is 260 g/mol. The van der Waals surface area contributed by atoms with E-state index in [-0.39, 0.29) is 17.2 Å². The summed E-state index contributed by atoms with van der Waals surface area (Å²) in [6, 6.07) is 6.03. The van der Waals surface area contributed by atoms with Crippen molar-refractivity contribution in [1.29, 1.82) is 0 Å². The number of benzene rings is 1. The van der Waals surface area contributed by atoms with E-state index in [9.17, 15) is 4.79 Å². The Morgan fingerprint density at radius 1 is 1.53 bits per heavy atom. The molecule has 0 spiro atoms. The van der Waals surface area contributed by atoms with Gasteiger partial charge < -0.3 is 10.1 Å². The highest BCUT2D eigenvalue weighted by Crippen LogP contribution is 2.41. The van der Waals surface area contributed by atoms with E-state index >= 15 is 0 Å². The molecule has 2 heterocycles. The van der Waals surface area contributed by atoms with Crippen LogP contribution in [0.1, 0.15) is 19.8 Å². The summed E-state index contributed by atoms with van der Waals surface area (Å²) in [4.78, 5) is 17.8. The van der Waals surface area contributed by atoms with E-state index in [4.69, 9.17) is 4.74 Å². The zero-order chi connectivity index (χ0) is 13.4. The number of hydrogen-bond acceptors (Lipinski definition) is 4. The number of aliphatic imine (C=N–C) groups is 1. The maximum Gasteiger partial charge on any atom is 0.239 e. The van der Waals surface area contributed by atoms with Crippen LogP contribution in [0.4, 0.5) is 5.69 Å². The number of carbonyl (C=O) groups is 1. The molecule has 1 N–H and O–H groups in total. The Kier molecular flexibility index (Phi) is 3.22. The number of ether oxygens (including phenoxy) is 1. The predicted octanol–water partition coefficient (Wildman–Crippen LogP) is 2.54. The summed E-state index contributed by atoms with van der Waals surface area (Å²) >= 11 is 1.57. The lowest BCUT2D eigenvalue weighted by molar-refractivity contribution is -0.120. The zero-order valence-electron chi connectivity index (χ0n) is 11.0. The molecule has 0 aliphatic carbocycles. The van der Waals surface area contributed by atoms with Crippen LogP contribution in [0.15, 0.2) is 28.1 Å². The second-order valence-electron chi connectivity index (χ2n) is 4.75. The van der Waals surface area contributed by atoms with Crippen LogP contribution in [0.5, 0.6) is 5.75 Å². The van der Waals surface area contributed by atoms with Gasteiger partial charge in [0, 0.05) is 23.1 Å². The van der Waals surface area contributed by atoms with Gasteiger partial charge in [-0.25, -0.2) is 0 Å². The van der Waals surface area contributed by atoms with Gasteiger partial charge in [0.1, 0.15) is 11.0 Å². The van der Waals surface area contributed by atoms with E-state index in [0.717, 1.165) is 34.9 Å². The SMILES string of the molecule is CCC1CC2=Nc3ccc(OC)cc3SC2C(=O)N1. The third-order valence-corrected chi connectivity index (χ3v) is 4.81. The molecule has 0 bridgehead atoms. The van der Waals surface area contributed by atoms with Crippen molar-refractivity contribution in [1.82, 2.24) is 5.32 Å². The Labute approximate surface area is 116 Å². The molecule has 0 radical (unpaired) electrons. The summed E-state index contributed by atoms with van der Waals surface area (Å²) in [5.74, 6) is 0.878. The number of nitrogens with zero attached hydrogens (tertiary/aromatic N) is 1. The average molecular weight is 276 g/mol. The normalized spacial score (nSPS) is 24.9. The molecule has 3 rings (SSSR count). The summed E-state index contributed by atoms with van der Waals surface area (Å²) < 4.78 is 5.22. The summed E-state index contributed by atoms with van der Waals surface area (Å²) in [6.45, 7) is 2.08. The van der Waals surface area contributed by atoms with Crippen LogP contribution in [0.2, 0.25) is 0 Å². The van der Waals surface area contributed by atoms with Gasteiger partial charge in [0.15, 0.2) is 0 Å². The highest BCUT2D eigenvalue weighted by molar-refractivity contribution is 8.01. The Morgan fingerprint density at radius 2 is 2.37 bits per heavy atom. The van der Waals surface area contributed by atoms with Crippen LogP contribution in [0.25, 0.3) is 0 Å². The van der Waals surface area contributed by atoms with Crippen molar-refractivity contribution in [2.45, 2.75) is 36.0 Å². The molecule has 1 saturated heterocycles. The number of hydrogen-bond donors (Lipinski definition) is 1. The highest BCUT2D eigenvalue weighted by Gasteiger charge is 2.36. The minimum absolute atomic E-state index is 0.0790. The van der Waals surface area contributed by atoms with Gasteiger partial charge in [-0.05, 0) is 24.6 Å². The number of fused-ring (bicyclic) bond motifs is 2. The second-order valence-corrected chi connectivity index (χ2v) is 5.90. The molecule has 0 aromatic heterocycles. The van der Waals surface area contributed by atoms with Gasteiger partial charge in [0.2, 0.25) is 5.91 Å². The lowest BCUT2D eigenvalue weighted by Crippen LogP contribution is -2.50. The Hall–Kier alpha value is -1.49. The van der Waals surface area contributed by atoms with E-state index in [1.165, 1.54) is 0 Å². The van der Waals surface area contributed by atoms with E-state index in [1.807, 2.05) is 18.2 Å². The number of thioether (sulfide) groups is 1. The number of nitrogens with one attached hydrogen (secondary N) is 1. The van der Waals surface area contributed by atoms with Crippen molar-refractivity contribution in [2.75, 3.05) is 7.11 Å². The molecule has 2 atom stereocenters. The van der Waals surface area contributed by atoms with Crippen LogP contribution in [-0.2, 0) is 4.79 Å². The monoisotopic (exact) mass is 276 g/mol. The van der Waals surface area contributed by atoms with Crippen LogP contribution in [0, 0.1) is 0 Å². The standard InChI is InChI=1S/C14H16N2O2S/c1-3-8-6-11-13(14(17)15-8)19-12-7-9(18-2)4-5-10(12)16-11/h4-5,7-8,13H,3,6H2,1-2H3,(H,15,17). The molecule has 2 unspecified atom stereocenters. The van der Waals surface area contributed by atoms with Crippen LogP contribution in [-0.4, -0.2) is 30.0 Å². The maximum atomic E-state index is 12.1. The molecule has 5 heteroatoms. The molecular formula is C14H16N2O2S. The Morgan fingerprint density at radius 3 is 3.11 bits per heavy atom. The first-order valence-corrected chi connectivity index (χ1v) is 7.31. The Balaban J connectivity index is 1.97. The van der Waals surface area contributed by atoms with Gasteiger partial charge >= 0.3 is 0 Å². The minimum Gasteiger partial charge on any atom is -0.497 e. The summed E-state index contributed by atoms with van der Waals surface area (Å²) in [7, 11) is 1.64. The lowest BCUT2D eigenvalue weighted by Gasteiger charge is -2.32. The molecule has 1 aromatic carbocycles. The third-order valence-electron chi connectivity index (χ3n) is 3.51. The Bertz CT molecular complexity index is 556. The molecule has 0 saturated carbocycles. The summed E-state index contributed by atoms with van der Waals surface area (Å²) in [6.07, 6.45) is 1.79. The predicted molar refractivity (Wildman–Crippen MR) is 76.6 cm³/mol. The molecule has 1 fully saturated rings. The van der Waals surface area contributed by atoms with E-state index in [1.54, 1.807) is 18.9 Å². The average Bonchev–Trinajstić information content (AvgIpc) is 2.44. The molecule has 1 amide bonds. The first-order chi connectivity index (χ1) is 9.21. The van der Waals surface area contributed by atoms with Gasteiger partial charge in [-0.2, -0.15) is 0 Å². The molecule has 100 valence electrons. The van der Waals surface area contributed by atoms with Crippen LogP contribution < -0.4 is 10.1 Å². The smallest absolute Gasteiger partial charge is 0.239 e. The number of rotatable bonds is 2. The fraction of sp³-hybridized carbons (Fsp3) is 0.429. The minimum atomic E-state index is -0.178. The molecule has 2 aliphatic heterocycles. The van der Waals surface area contributed by atoms with Crippen molar-refractivity contribution >= 4 is 29.1 Å². The first kappa shape index (κ1) is 12.5. The topological polar surface area (TPSA) is 50.7 Å². The fourth-order valence-electron chi connectivity index (χ4n) is 2.40. The van der Waals surface area contributed by atoms with E-state index < -0.39 is 0 Å².